The van der Waals surface area contributed by atoms with Gasteiger partial charge < -0.3 is 44.7 Å². The van der Waals surface area contributed by atoms with Gasteiger partial charge in [0.1, 0.15) is 42.7 Å². The number of nitrogens with one attached hydrogen (secondary N) is 2. The first-order valence-electron chi connectivity index (χ1n) is 24.1. The zero-order valence-electron chi connectivity index (χ0n) is 41.0. The Hall–Kier alpha value is -5.14. The number of benzene rings is 3. The summed E-state index contributed by atoms with van der Waals surface area (Å²) in [5.41, 5.74) is 8.37. The number of aromatic nitrogens is 1. The summed E-state index contributed by atoms with van der Waals surface area (Å²) in [6.07, 6.45) is 0.559. The van der Waals surface area contributed by atoms with Crippen molar-refractivity contribution in [2.45, 2.75) is 97.6 Å². The number of thiazole rings is 1. The standard InChI is InChI=1S/C53H67F2N5O9S/c1-32(29-61)27-59-33(2)21-41-40-10-8-7-9-37(40)22-42(41)48(59)47-43(54)24-39(25-44(47)55)69-20-19-67-16-15-66-17-18-68-30-46(63)58-50(53(4,5)6)52(65)60-28-38(62)23-45(60)51(64)56-26-35-11-13-36(14-12-35)49-34(3)57-31-70-49/h7-14,24-25,31-33,38,45,48,50,61-62H,15-23,26-30H2,1-6H3,(H,56,64)(H,58,63)/t32-,33+,38+,45-,48?,50+/m0/s1. The summed E-state index contributed by atoms with van der Waals surface area (Å²) >= 11 is 1.56. The van der Waals surface area contributed by atoms with E-state index in [2.05, 4.69) is 39.6 Å². The van der Waals surface area contributed by atoms with Gasteiger partial charge in [-0.3, -0.25) is 19.3 Å². The van der Waals surface area contributed by atoms with Gasteiger partial charge in [0.05, 0.1) is 61.3 Å². The summed E-state index contributed by atoms with van der Waals surface area (Å²) < 4.78 is 54.5. The zero-order valence-corrected chi connectivity index (χ0v) is 41.8. The molecule has 0 radical (unpaired) electrons. The summed E-state index contributed by atoms with van der Waals surface area (Å²) in [6.45, 7) is 12.6. The summed E-state index contributed by atoms with van der Waals surface area (Å²) in [6, 6.07) is 15.9. The molecule has 70 heavy (non-hydrogen) atoms. The molecule has 6 atom stereocenters. The van der Waals surface area contributed by atoms with E-state index in [1.54, 1.807) is 16.8 Å². The largest absolute Gasteiger partial charge is 0.491 e. The van der Waals surface area contributed by atoms with Gasteiger partial charge in [0, 0.05) is 56.4 Å². The summed E-state index contributed by atoms with van der Waals surface area (Å²) in [5.74, 6) is -2.78. The van der Waals surface area contributed by atoms with E-state index in [0.29, 0.717) is 13.0 Å². The van der Waals surface area contributed by atoms with E-state index in [4.69, 9.17) is 18.9 Å². The summed E-state index contributed by atoms with van der Waals surface area (Å²) in [5, 5.41) is 26.1. The second-order valence-electron chi connectivity index (χ2n) is 19.6. The minimum Gasteiger partial charge on any atom is -0.491 e. The van der Waals surface area contributed by atoms with E-state index in [-0.39, 0.29) is 95.6 Å². The molecule has 2 aliphatic heterocycles. The summed E-state index contributed by atoms with van der Waals surface area (Å²) in [7, 11) is 0. The van der Waals surface area contributed by atoms with Crippen molar-refractivity contribution in [2.24, 2.45) is 11.3 Å². The van der Waals surface area contributed by atoms with Crippen LogP contribution >= 0.6 is 11.3 Å². The average molecular weight is 988 g/mol. The summed E-state index contributed by atoms with van der Waals surface area (Å²) in [4.78, 5) is 49.3. The Labute approximate surface area is 413 Å². The van der Waals surface area contributed by atoms with E-state index in [9.17, 15) is 24.6 Å². The van der Waals surface area contributed by atoms with Crippen LogP contribution in [-0.2, 0) is 41.6 Å². The molecule has 1 saturated heterocycles. The molecule has 1 fully saturated rings. The van der Waals surface area contributed by atoms with Gasteiger partial charge in [-0.05, 0) is 71.4 Å². The number of hydrogen-bond donors (Lipinski definition) is 4. The van der Waals surface area contributed by atoms with Gasteiger partial charge in [0.15, 0.2) is 0 Å². The highest BCUT2D eigenvalue weighted by Gasteiger charge is 2.45. The number of ether oxygens (including phenoxy) is 4. The average Bonchev–Trinajstić information content (AvgIpc) is 4.05. The molecule has 4 N–H and O–H groups in total. The van der Waals surface area contributed by atoms with Crippen molar-refractivity contribution in [1.82, 2.24) is 25.4 Å². The number of likely N-dealkylation sites (tertiary alicyclic amines) is 1. The Bertz CT molecular complexity index is 2460. The molecule has 3 heterocycles. The van der Waals surface area contributed by atoms with Crippen LogP contribution in [0.5, 0.6) is 5.75 Å². The second-order valence-corrected chi connectivity index (χ2v) is 20.5. The number of nitrogens with zero attached hydrogens (tertiary/aromatic N) is 3. The third kappa shape index (κ3) is 12.8. The van der Waals surface area contributed by atoms with Crippen LogP contribution < -0.4 is 15.4 Å². The van der Waals surface area contributed by atoms with Gasteiger partial charge in [-0.15, -0.1) is 11.3 Å². The molecule has 1 aromatic heterocycles. The quantitative estimate of drug-likeness (QED) is 0.0642. The molecule has 3 aliphatic rings. The van der Waals surface area contributed by atoms with Crippen molar-refractivity contribution in [2.75, 3.05) is 65.9 Å². The first-order chi connectivity index (χ1) is 33.5. The number of rotatable bonds is 22. The zero-order chi connectivity index (χ0) is 50.1. The van der Waals surface area contributed by atoms with E-state index < -0.39 is 59.0 Å². The minimum atomic E-state index is -0.998. The molecule has 14 nitrogen and oxygen atoms in total. The normalized spacial score (nSPS) is 20.0. The highest BCUT2D eigenvalue weighted by Crippen LogP contribution is 2.50. The Morgan fingerprint density at radius 2 is 1.63 bits per heavy atom. The van der Waals surface area contributed by atoms with Crippen molar-refractivity contribution in [1.29, 1.82) is 0 Å². The van der Waals surface area contributed by atoms with Gasteiger partial charge in [-0.2, -0.15) is 0 Å². The lowest BCUT2D eigenvalue weighted by atomic mass is 9.84. The maximum atomic E-state index is 16.1. The molecule has 378 valence electrons. The topological polar surface area (TPSA) is 172 Å². The first kappa shape index (κ1) is 52.7. The first-order valence-corrected chi connectivity index (χ1v) is 25.0. The monoisotopic (exact) mass is 987 g/mol. The predicted molar refractivity (Wildman–Crippen MR) is 263 cm³/mol. The molecule has 3 aromatic carbocycles. The molecule has 17 heteroatoms. The fourth-order valence-electron chi connectivity index (χ4n) is 9.58. The van der Waals surface area contributed by atoms with Gasteiger partial charge >= 0.3 is 0 Å². The van der Waals surface area contributed by atoms with Crippen molar-refractivity contribution in [3.63, 3.8) is 0 Å². The Balaban J connectivity index is 0.803. The number of aliphatic hydroxyl groups excluding tert-OH is 2. The number of aliphatic hydroxyl groups is 2. The Morgan fingerprint density at radius 1 is 0.957 bits per heavy atom. The molecule has 4 aromatic rings. The number of carbonyl (C=O) groups is 3. The molecule has 7 rings (SSSR count). The van der Waals surface area contributed by atoms with Crippen LogP contribution in [0.2, 0.25) is 0 Å². The second kappa shape index (κ2) is 23.8. The van der Waals surface area contributed by atoms with Crippen LogP contribution in [0.4, 0.5) is 8.78 Å². The number of fused-ring (bicyclic) bond motifs is 2. The van der Waals surface area contributed by atoms with Crippen LogP contribution in [-0.4, -0.2) is 133 Å². The lowest BCUT2D eigenvalue weighted by Gasteiger charge is -2.43. The molecule has 0 saturated carbocycles. The number of aryl methyl sites for hydroxylation is 1. The van der Waals surface area contributed by atoms with Crippen molar-refractivity contribution >= 4 is 34.6 Å². The maximum absolute atomic E-state index is 16.1. The lowest BCUT2D eigenvalue weighted by Crippen LogP contribution is -2.58. The van der Waals surface area contributed by atoms with Crippen LogP contribution in [0.15, 0.2) is 71.7 Å². The molecule has 0 spiro atoms. The van der Waals surface area contributed by atoms with Crippen molar-refractivity contribution < 1.29 is 52.3 Å². The number of halogens is 2. The van der Waals surface area contributed by atoms with E-state index in [1.165, 1.54) is 17.0 Å². The number of hydrogen-bond acceptors (Lipinski definition) is 12. The highest BCUT2D eigenvalue weighted by molar-refractivity contribution is 7.13. The van der Waals surface area contributed by atoms with Gasteiger partial charge in [-0.25, -0.2) is 13.8 Å². The van der Waals surface area contributed by atoms with Crippen molar-refractivity contribution in [3.8, 4) is 16.2 Å². The third-order valence-corrected chi connectivity index (χ3v) is 14.2. The minimum absolute atomic E-state index is 0.000912. The van der Waals surface area contributed by atoms with Crippen LogP contribution in [0.3, 0.4) is 0 Å². The van der Waals surface area contributed by atoms with E-state index in [1.807, 2.05) is 71.0 Å². The fraction of sp³-hybridized carbons (Fsp3) is 0.509. The fourth-order valence-corrected chi connectivity index (χ4v) is 10.4. The van der Waals surface area contributed by atoms with Crippen LogP contribution in [0.25, 0.3) is 16.0 Å². The molecular formula is C53H67F2N5O9S. The van der Waals surface area contributed by atoms with Crippen LogP contribution in [0, 0.1) is 29.9 Å². The molecular weight excluding hydrogens is 921 g/mol. The molecule has 0 bridgehead atoms. The highest BCUT2D eigenvalue weighted by atomic mass is 32.1. The smallest absolute Gasteiger partial charge is 0.246 e. The molecule has 3 amide bonds. The van der Waals surface area contributed by atoms with Gasteiger partial charge in [0.25, 0.3) is 0 Å². The predicted octanol–water partition coefficient (Wildman–Crippen LogP) is 6.41. The molecule has 1 unspecified atom stereocenters. The number of amides is 3. The van der Waals surface area contributed by atoms with Crippen LogP contribution in [0.1, 0.15) is 81.4 Å². The lowest BCUT2D eigenvalue weighted by molar-refractivity contribution is -0.144. The SMILES string of the molecule is Cc1ncsc1-c1ccc(CNC(=O)[C@@H]2C[C@@H](O)CN2C(=O)[C@@H](NC(=O)COCCOCCOCCOc2cc(F)c(C3C4=C(C[C@@H](C)N3C[C@H](C)CO)c3ccccc3C4)c(F)c2)C(C)(C)C)cc1. The van der Waals surface area contributed by atoms with Gasteiger partial charge in [0.2, 0.25) is 17.7 Å². The third-order valence-electron chi connectivity index (χ3n) is 13.2. The molecule has 1 aliphatic carbocycles. The maximum Gasteiger partial charge on any atom is 0.246 e. The number of carbonyl (C=O) groups excluding carboxylic acids is 3. The van der Waals surface area contributed by atoms with Crippen molar-refractivity contribution in [3.05, 3.63) is 111 Å². The number of β-amino-alcohol motifs (C(OH)–C–C–N with tert-alkyl or cyclic N) is 1. The van der Waals surface area contributed by atoms with E-state index >= 15 is 8.78 Å². The van der Waals surface area contributed by atoms with E-state index in [0.717, 1.165) is 50.4 Å². The van der Waals surface area contributed by atoms with Gasteiger partial charge in [-0.1, -0.05) is 76.2 Å². The Morgan fingerprint density at radius 3 is 2.29 bits per heavy atom. The Kier molecular flexibility index (Phi) is 17.9.